The molecular formula is C18H13FN4O3. The largest absolute Gasteiger partial charge is 0.464 e. The van der Waals surface area contributed by atoms with Gasteiger partial charge in [0.1, 0.15) is 5.82 Å². The molecule has 3 rings (SSSR count). The van der Waals surface area contributed by atoms with Crippen LogP contribution in [0.25, 0.3) is 11.1 Å². The van der Waals surface area contributed by atoms with Crippen LogP contribution in [-0.2, 0) is 0 Å². The molecule has 1 atom stereocenters. The third kappa shape index (κ3) is 2.86. The minimum absolute atomic E-state index is 0.0470. The maximum absolute atomic E-state index is 14.5. The maximum atomic E-state index is 14.5. The Morgan fingerprint density at radius 1 is 1.38 bits per heavy atom. The first-order chi connectivity index (χ1) is 12.4. The summed E-state index contributed by atoms with van der Waals surface area (Å²) < 4.78 is 14.5. The molecule has 130 valence electrons. The van der Waals surface area contributed by atoms with Gasteiger partial charge in [0.05, 0.1) is 17.7 Å². The molecule has 3 amide bonds. The average molecular weight is 352 g/mol. The number of urea groups is 1. The number of carbonyl (C=O) groups is 2. The van der Waals surface area contributed by atoms with Crippen molar-refractivity contribution in [3.05, 3.63) is 65.4 Å². The molecule has 2 heterocycles. The number of carbonyl (C=O) groups excluding carboxylic acids is 1. The standard InChI is InChI=1S/C18H13FN4O3/c1-10-14(8-20)16(22-17(24)23(10)18(25)26)13-7-11(4-5-15(13)19)12-3-2-6-21-9-12/h2-7,9,16H,1H3,(H,22,24)(H,25,26). The number of benzene rings is 1. The van der Waals surface area contributed by atoms with E-state index in [1.807, 2.05) is 6.07 Å². The molecule has 1 aromatic heterocycles. The van der Waals surface area contributed by atoms with E-state index in [0.29, 0.717) is 10.5 Å². The van der Waals surface area contributed by atoms with Crippen molar-refractivity contribution in [1.82, 2.24) is 15.2 Å². The second-order valence-corrected chi connectivity index (χ2v) is 5.59. The van der Waals surface area contributed by atoms with Crippen LogP contribution in [0.4, 0.5) is 14.0 Å². The highest BCUT2D eigenvalue weighted by molar-refractivity contribution is 5.94. The minimum atomic E-state index is -1.52. The number of amides is 3. The molecule has 0 radical (unpaired) electrons. The number of nitriles is 1. The predicted molar refractivity (Wildman–Crippen MR) is 89.1 cm³/mol. The van der Waals surface area contributed by atoms with E-state index in [4.69, 9.17) is 5.11 Å². The Morgan fingerprint density at radius 2 is 2.15 bits per heavy atom. The van der Waals surface area contributed by atoms with Crippen molar-refractivity contribution >= 4 is 12.1 Å². The second-order valence-electron chi connectivity index (χ2n) is 5.59. The van der Waals surface area contributed by atoms with Gasteiger partial charge in [-0.25, -0.2) is 18.9 Å². The van der Waals surface area contributed by atoms with Crippen molar-refractivity contribution in [3.63, 3.8) is 0 Å². The van der Waals surface area contributed by atoms with Crippen LogP contribution >= 0.6 is 0 Å². The molecule has 0 saturated carbocycles. The van der Waals surface area contributed by atoms with Gasteiger partial charge in [-0.05, 0) is 30.7 Å². The Hall–Kier alpha value is -3.73. The van der Waals surface area contributed by atoms with Crippen molar-refractivity contribution < 1.29 is 19.1 Å². The summed E-state index contributed by atoms with van der Waals surface area (Å²) >= 11 is 0. The number of nitrogens with zero attached hydrogens (tertiary/aromatic N) is 3. The normalized spacial score (nSPS) is 16.9. The predicted octanol–water partition coefficient (Wildman–Crippen LogP) is 3.43. The first-order valence-electron chi connectivity index (χ1n) is 7.58. The molecule has 0 aliphatic carbocycles. The highest BCUT2D eigenvalue weighted by atomic mass is 19.1. The van der Waals surface area contributed by atoms with Crippen molar-refractivity contribution in [2.75, 3.05) is 0 Å². The minimum Gasteiger partial charge on any atom is -0.464 e. The Kier molecular flexibility index (Phi) is 4.37. The van der Waals surface area contributed by atoms with Gasteiger partial charge in [0, 0.05) is 29.2 Å². The van der Waals surface area contributed by atoms with Gasteiger partial charge in [-0.3, -0.25) is 4.98 Å². The summed E-state index contributed by atoms with van der Waals surface area (Å²) in [6.07, 6.45) is 1.70. The van der Waals surface area contributed by atoms with Gasteiger partial charge in [0.2, 0.25) is 0 Å². The lowest BCUT2D eigenvalue weighted by molar-refractivity contribution is 0.154. The molecule has 2 N–H and O–H groups in total. The number of pyridine rings is 1. The monoisotopic (exact) mass is 352 g/mol. The number of carboxylic acid groups (broad SMARTS) is 1. The third-order valence-corrected chi connectivity index (χ3v) is 4.10. The molecule has 0 fully saturated rings. The van der Waals surface area contributed by atoms with E-state index in [1.54, 1.807) is 30.6 Å². The zero-order valence-corrected chi connectivity index (χ0v) is 13.6. The van der Waals surface area contributed by atoms with Gasteiger partial charge in [-0.1, -0.05) is 12.1 Å². The van der Waals surface area contributed by atoms with Crippen molar-refractivity contribution in [1.29, 1.82) is 5.26 Å². The molecule has 8 heteroatoms. The number of allylic oxidation sites excluding steroid dienone is 1. The van der Waals surface area contributed by atoms with Gasteiger partial charge >= 0.3 is 12.1 Å². The van der Waals surface area contributed by atoms with Crippen molar-refractivity contribution in [2.24, 2.45) is 0 Å². The summed E-state index contributed by atoms with van der Waals surface area (Å²) in [5, 5.41) is 21.0. The van der Waals surface area contributed by atoms with Gasteiger partial charge < -0.3 is 10.4 Å². The molecule has 1 aliphatic rings. The van der Waals surface area contributed by atoms with Crippen LogP contribution in [0.1, 0.15) is 18.5 Å². The number of rotatable bonds is 2. The molecule has 1 aromatic carbocycles. The van der Waals surface area contributed by atoms with Crippen molar-refractivity contribution in [2.45, 2.75) is 13.0 Å². The van der Waals surface area contributed by atoms with Crippen LogP contribution in [0.5, 0.6) is 0 Å². The highest BCUT2D eigenvalue weighted by Gasteiger charge is 2.36. The SMILES string of the molecule is CC1=C(C#N)C(c2cc(-c3cccnc3)ccc2F)NC(=O)N1C(=O)O. The number of hydrogen-bond donors (Lipinski definition) is 2. The molecule has 1 unspecified atom stereocenters. The summed E-state index contributed by atoms with van der Waals surface area (Å²) in [4.78, 5) is 27.8. The zero-order chi connectivity index (χ0) is 18.8. The van der Waals surface area contributed by atoms with Gasteiger partial charge in [-0.15, -0.1) is 0 Å². The number of halogens is 1. The van der Waals surface area contributed by atoms with Gasteiger partial charge in [-0.2, -0.15) is 5.26 Å². The lowest BCUT2D eigenvalue weighted by Gasteiger charge is -2.31. The summed E-state index contributed by atoms with van der Waals surface area (Å²) in [7, 11) is 0. The summed E-state index contributed by atoms with van der Waals surface area (Å²) in [5.41, 5.74) is 1.36. The van der Waals surface area contributed by atoms with Crippen LogP contribution < -0.4 is 5.32 Å². The molecule has 1 aliphatic heterocycles. The van der Waals surface area contributed by atoms with E-state index in [9.17, 15) is 19.2 Å². The van der Waals surface area contributed by atoms with E-state index < -0.39 is 24.0 Å². The van der Waals surface area contributed by atoms with Crippen molar-refractivity contribution in [3.8, 4) is 17.2 Å². The summed E-state index contributed by atoms with van der Waals surface area (Å²) in [6.45, 7) is 1.33. The Labute approximate surface area is 148 Å². The quantitative estimate of drug-likeness (QED) is 0.861. The average Bonchev–Trinajstić information content (AvgIpc) is 2.62. The van der Waals surface area contributed by atoms with E-state index in [0.717, 1.165) is 5.56 Å². The lowest BCUT2D eigenvalue weighted by atomic mass is 9.93. The van der Waals surface area contributed by atoms with Gasteiger partial charge in [0.15, 0.2) is 0 Å². The third-order valence-electron chi connectivity index (χ3n) is 4.10. The van der Waals surface area contributed by atoms with E-state index in [2.05, 4.69) is 10.3 Å². The molecule has 2 aromatic rings. The highest BCUT2D eigenvalue weighted by Crippen LogP contribution is 2.33. The smallest absolute Gasteiger partial charge is 0.419 e. The molecule has 0 spiro atoms. The lowest BCUT2D eigenvalue weighted by Crippen LogP contribution is -2.48. The first kappa shape index (κ1) is 17.1. The van der Waals surface area contributed by atoms with Crippen LogP contribution in [0.3, 0.4) is 0 Å². The number of hydrogen-bond acceptors (Lipinski definition) is 4. The number of aromatic nitrogens is 1. The Balaban J connectivity index is 2.13. The zero-order valence-electron chi connectivity index (χ0n) is 13.6. The molecule has 26 heavy (non-hydrogen) atoms. The van der Waals surface area contributed by atoms with E-state index in [-0.39, 0.29) is 16.8 Å². The first-order valence-corrected chi connectivity index (χ1v) is 7.58. The fourth-order valence-electron chi connectivity index (χ4n) is 2.83. The van der Waals surface area contributed by atoms with E-state index in [1.165, 1.54) is 19.1 Å². The Morgan fingerprint density at radius 3 is 2.77 bits per heavy atom. The van der Waals surface area contributed by atoms with Gasteiger partial charge in [0.25, 0.3) is 0 Å². The maximum Gasteiger partial charge on any atom is 0.419 e. The fourth-order valence-corrected chi connectivity index (χ4v) is 2.83. The number of imide groups is 1. The summed E-state index contributed by atoms with van der Waals surface area (Å²) in [5.74, 6) is -0.618. The molecule has 0 bridgehead atoms. The van der Waals surface area contributed by atoms with Crippen LogP contribution in [-0.4, -0.2) is 27.1 Å². The molecular weight excluding hydrogens is 339 g/mol. The van der Waals surface area contributed by atoms with E-state index >= 15 is 0 Å². The van der Waals surface area contributed by atoms with Crippen LogP contribution in [0.2, 0.25) is 0 Å². The second kappa shape index (κ2) is 6.64. The molecule has 0 saturated heterocycles. The number of nitrogens with one attached hydrogen (secondary N) is 1. The fraction of sp³-hybridized carbons (Fsp3) is 0.111. The summed E-state index contributed by atoms with van der Waals surface area (Å²) in [6, 6.07) is 7.69. The van der Waals surface area contributed by atoms with Crippen LogP contribution in [0, 0.1) is 17.1 Å². The topological polar surface area (TPSA) is 106 Å². The Bertz CT molecular complexity index is 966. The van der Waals surface area contributed by atoms with Crippen LogP contribution in [0.15, 0.2) is 54.0 Å². The molecule has 7 nitrogen and oxygen atoms in total.